The predicted octanol–water partition coefficient (Wildman–Crippen LogP) is 2.17. The molecule has 4 heteroatoms. The predicted molar refractivity (Wildman–Crippen MR) is 68.7 cm³/mol. The van der Waals surface area contributed by atoms with E-state index >= 15 is 0 Å². The summed E-state index contributed by atoms with van der Waals surface area (Å²) in [5.74, 6) is 0.986. The molecule has 0 aromatic heterocycles. The Morgan fingerprint density at radius 3 is 2.50 bits per heavy atom. The SMILES string of the molecule is CC(CNCCCCC(N)=NO)C(C)(C)C. The lowest BCUT2D eigenvalue weighted by Gasteiger charge is -2.27. The minimum absolute atomic E-state index is 0.322. The molecule has 0 saturated heterocycles. The van der Waals surface area contributed by atoms with Crippen LogP contribution in [0, 0.1) is 11.3 Å². The Morgan fingerprint density at radius 2 is 2.00 bits per heavy atom. The lowest BCUT2D eigenvalue weighted by molar-refractivity contribution is 0.253. The van der Waals surface area contributed by atoms with Crippen molar-refractivity contribution in [2.45, 2.75) is 47.0 Å². The van der Waals surface area contributed by atoms with Crippen molar-refractivity contribution < 1.29 is 5.21 Å². The molecule has 0 radical (unpaired) electrons. The van der Waals surface area contributed by atoms with E-state index in [0.29, 0.717) is 23.6 Å². The van der Waals surface area contributed by atoms with Crippen LogP contribution in [0.4, 0.5) is 0 Å². The number of rotatable bonds is 7. The molecule has 0 rings (SSSR count). The first-order chi connectivity index (χ1) is 7.38. The van der Waals surface area contributed by atoms with Crippen molar-refractivity contribution in [3.8, 4) is 0 Å². The van der Waals surface area contributed by atoms with Crippen LogP contribution in [-0.4, -0.2) is 24.1 Å². The second kappa shape index (κ2) is 7.49. The summed E-state index contributed by atoms with van der Waals surface area (Å²) in [5, 5.41) is 14.7. The Labute approximate surface area is 99.3 Å². The third kappa shape index (κ3) is 7.51. The van der Waals surface area contributed by atoms with Gasteiger partial charge in [0.05, 0.1) is 0 Å². The Kier molecular flexibility index (Phi) is 7.13. The molecule has 0 bridgehead atoms. The van der Waals surface area contributed by atoms with Crippen LogP contribution in [0.15, 0.2) is 5.16 Å². The lowest BCUT2D eigenvalue weighted by Crippen LogP contribution is -2.30. The highest BCUT2D eigenvalue weighted by molar-refractivity contribution is 5.79. The van der Waals surface area contributed by atoms with Gasteiger partial charge in [0.25, 0.3) is 0 Å². The zero-order chi connectivity index (χ0) is 12.6. The fourth-order valence-corrected chi connectivity index (χ4v) is 1.23. The highest BCUT2D eigenvalue weighted by atomic mass is 16.4. The summed E-state index contributed by atoms with van der Waals surface area (Å²) < 4.78 is 0. The molecule has 1 unspecified atom stereocenters. The fourth-order valence-electron chi connectivity index (χ4n) is 1.23. The summed E-state index contributed by atoms with van der Waals surface area (Å²) in [6, 6.07) is 0. The fraction of sp³-hybridized carbons (Fsp3) is 0.917. The zero-order valence-electron chi connectivity index (χ0n) is 11.1. The molecule has 0 aromatic rings. The van der Waals surface area contributed by atoms with Gasteiger partial charge in [0.2, 0.25) is 0 Å². The molecule has 0 saturated carbocycles. The van der Waals surface area contributed by atoms with Crippen molar-refractivity contribution in [3.05, 3.63) is 0 Å². The molecule has 0 aliphatic heterocycles. The summed E-state index contributed by atoms with van der Waals surface area (Å²) in [7, 11) is 0. The molecule has 4 N–H and O–H groups in total. The van der Waals surface area contributed by atoms with Gasteiger partial charge >= 0.3 is 0 Å². The molecule has 0 aromatic carbocycles. The first-order valence-electron chi connectivity index (χ1n) is 6.05. The van der Waals surface area contributed by atoms with Crippen LogP contribution < -0.4 is 11.1 Å². The first kappa shape index (κ1) is 15.2. The van der Waals surface area contributed by atoms with Crippen LogP contribution >= 0.6 is 0 Å². The number of oxime groups is 1. The molecule has 0 aliphatic carbocycles. The number of amidine groups is 1. The van der Waals surface area contributed by atoms with E-state index in [2.05, 4.69) is 38.2 Å². The summed E-state index contributed by atoms with van der Waals surface area (Å²) in [5.41, 5.74) is 5.73. The minimum atomic E-state index is 0.322. The average molecular weight is 229 g/mol. The van der Waals surface area contributed by atoms with Crippen molar-refractivity contribution in [2.75, 3.05) is 13.1 Å². The molecule has 0 heterocycles. The first-order valence-corrected chi connectivity index (χ1v) is 6.05. The summed E-state index contributed by atoms with van der Waals surface area (Å²) in [6.07, 6.45) is 2.70. The number of unbranched alkanes of at least 4 members (excludes halogenated alkanes) is 1. The van der Waals surface area contributed by atoms with Crippen molar-refractivity contribution >= 4 is 5.84 Å². The quantitative estimate of drug-likeness (QED) is 0.206. The Morgan fingerprint density at radius 1 is 1.38 bits per heavy atom. The van der Waals surface area contributed by atoms with E-state index in [1.807, 2.05) is 0 Å². The van der Waals surface area contributed by atoms with E-state index in [4.69, 9.17) is 10.9 Å². The number of nitrogens with two attached hydrogens (primary N) is 1. The highest BCUT2D eigenvalue weighted by Gasteiger charge is 2.18. The van der Waals surface area contributed by atoms with E-state index in [0.717, 1.165) is 25.9 Å². The number of hydrogen-bond acceptors (Lipinski definition) is 3. The van der Waals surface area contributed by atoms with Gasteiger partial charge in [-0.05, 0) is 37.3 Å². The van der Waals surface area contributed by atoms with Crippen LogP contribution in [0.5, 0.6) is 0 Å². The maximum absolute atomic E-state index is 8.35. The standard InChI is InChI=1S/C12H27N3O/c1-10(12(2,3)4)9-14-8-6-5-7-11(13)15-16/h10,14,16H,5-9H2,1-4H3,(H2,13,15). The summed E-state index contributed by atoms with van der Waals surface area (Å²) in [6.45, 7) is 11.1. The topological polar surface area (TPSA) is 70.6 Å². The molecule has 16 heavy (non-hydrogen) atoms. The molecule has 96 valence electrons. The largest absolute Gasteiger partial charge is 0.409 e. The second-order valence-electron chi connectivity index (χ2n) is 5.52. The van der Waals surface area contributed by atoms with E-state index in [1.54, 1.807) is 0 Å². The van der Waals surface area contributed by atoms with Gasteiger partial charge in [0.1, 0.15) is 5.84 Å². The molecule has 0 spiro atoms. The molecular weight excluding hydrogens is 202 g/mol. The third-order valence-corrected chi connectivity index (χ3v) is 3.09. The van der Waals surface area contributed by atoms with E-state index in [9.17, 15) is 0 Å². The smallest absolute Gasteiger partial charge is 0.139 e. The number of nitrogens with zero attached hydrogens (tertiary/aromatic N) is 1. The van der Waals surface area contributed by atoms with Gasteiger partial charge in [-0.2, -0.15) is 0 Å². The van der Waals surface area contributed by atoms with Gasteiger partial charge in [0, 0.05) is 6.42 Å². The van der Waals surface area contributed by atoms with E-state index < -0.39 is 0 Å². The molecular formula is C12H27N3O. The zero-order valence-corrected chi connectivity index (χ0v) is 11.1. The van der Waals surface area contributed by atoms with Gasteiger partial charge in [-0.3, -0.25) is 0 Å². The maximum Gasteiger partial charge on any atom is 0.139 e. The van der Waals surface area contributed by atoms with Gasteiger partial charge in [-0.15, -0.1) is 0 Å². The van der Waals surface area contributed by atoms with Gasteiger partial charge in [-0.1, -0.05) is 32.9 Å². The van der Waals surface area contributed by atoms with E-state index in [-0.39, 0.29) is 0 Å². The van der Waals surface area contributed by atoms with Crippen LogP contribution in [0.1, 0.15) is 47.0 Å². The molecule has 4 nitrogen and oxygen atoms in total. The van der Waals surface area contributed by atoms with Crippen molar-refractivity contribution in [3.63, 3.8) is 0 Å². The number of hydrogen-bond donors (Lipinski definition) is 3. The van der Waals surface area contributed by atoms with Crippen LogP contribution in [0.2, 0.25) is 0 Å². The van der Waals surface area contributed by atoms with Gasteiger partial charge in [-0.25, -0.2) is 0 Å². The van der Waals surface area contributed by atoms with Gasteiger partial charge in [0.15, 0.2) is 0 Å². The molecule has 0 aliphatic rings. The van der Waals surface area contributed by atoms with Crippen molar-refractivity contribution in [1.29, 1.82) is 0 Å². The van der Waals surface area contributed by atoms with Crippen LogP contribution in [0.25, 0.3) is 0 Å². The lowest BCUT2D eigenvalue weighted by atomic mass is 9.82. The van der Waals surface area contributed by atoms with E-state index in [1.165, 1.54) is 0 Å². The Balaban J connectivity index is 3.41. The summed E-state index contributed by atoms with van der Waals surface area (Å²) >= 11 is 0. The third-order valence-electron chi connectivity index (χ3n) is 3.09. The Bertz CT molecular complexity index is 209. The normalized spacial score (nSPS) is 15.1. The second-order valence-corrected chi connectivity index (χ2v) is 5.52. The van der Waals surface area contributed by atoms with Gasteiger partial charge < -0.3 is 16.3 Å². The molecule has 0 amide bonds. The molecule has 1 atom stereocenters. The van der Waals surface area contributed by atoms with Crippen molar-refractivity contribution in [2.24, 2.45) is 22.2 Å². The summed E-state index contributed by atoms with van der Waals surface area (Å²) in [4.78, 5) is 0. The number of nitrogens with one attached hydrogen (secondary N) is 1. The maximum atomic E-state index is 8.35. The Hall–Kier alpha value is -0.770. The molecule has 0 fully saturated rings. The average Bonchev–Trinajstić information content (AvgIpc) is 2.20. The minimum Gasteiger partial charge on any atom is -0.409 e. The van der Waals surface area contributed by atoms with Crippen molar-refractivity contribution in [1.82, 2.24) is 5.32 Å². The highest BCUT2D eigenvalue weighted by Crippen LogP contribution is 2.24. The van der Waals surface area contributed by atoms with Crippen LogP contribution in [0.3, 0.4) is 0 Å². The van der Waals surface area contributed by atoms with Crippen LogP contribution in [-0.2, 0) is 0 Å². The monoisotopic (exact) mass is 229 g/mol.